The van der Waals surface area contributed by atoms with E-state index in [1.807, 2.05) is 41.9 Å². The number of amides is 2. The van der Waals surface area contributed by atoms with Gasteiger partial charge in [0.25, 0.3) is 0 Å². The smallest absolute Gasteiger partial charge is 0.237 e. The van der Waals surface area contributed by atoms with E-state index in [9.17, 15) is 14.4 Å². The molecule has 0 radical (unpaired) electrons. The maximum atomic E-state index is 12.8. The first kappa shape index (κ1) is 23.3. The van der Waals surface area contributed by atoms with E-state index in [0.29, 0.717) is 22.2 Å². The van der Waals surface area contributed by atoms with Crippen LogP contribution in [0, 0.1) is 11.8 Å². The van der Waals surface area contributed by atoms with Gasteiger partial charge < -0.3 is 9.30 Å². The second kappa shape index (κ2) is 10.0. The van der Waals surface area contributed by atoms with Gasteiger partial charge in [0.05, 0.1) is 23.3 Å². The number of Topliss-reactive ketones (excluding diaryl/α,β-unsaturated/α-hetero) is 1. The van der Waals surface area contributed by atoms with Gasteiger partial charge in [0.1, 0.15) is 12.4 Å². The normalized spacial score (nSPS) is 19.6. The Hall–Kier alpha value is -3.46. The maximum Gasteiger partial charge on any atom is 0.237 e. The van der Waals surface area contributed by atoms with Crippen LogP contribution < -0.4 is 9.64 Å². The van der Waals surface area contributed by atoms with Crippen molar-refractivity contribution in [1.29, 1.82) is 0 Å². The summed E-state index contributed by atoms with van der Waals surface area (Å²) in [6, 6.07) is 16.2. The lowest BCUT2D eigenvalue weighted by Crippen LogP contribution is -2.30. The van der Waals surface area contributed by atoms with Crippen LogP contribution in [0.4, 0.5) is 5.69 Å². The molecule has 1 saturated heterocycles. The van der Waals surface area contributed by atoms with Gasteiger partial charge in [0, 0.05) is 12.6 Å². The highest BCUT2D eigenvalue weighted by Crippen LogP contribution is 2.40. The van der Waals surface area contributed by atoms with Gasteiger partial charge in [0.15, 0.2) is 16.8 Å². The first-order chi connectivity index (χ1) is 17.0. The van der Waals surface area contributed by atoms with Crippen LogP contribution in [-0.4, -0.2) is 38.1 Å². The summed E-state index contributed by atoms with van der Waals surface area (Å²) in [6.45, 7) is 0.277. The Balaban J connectivity index is 1.19. The summed E-state index contributed by atoms with van der Waals surface area (Å²) < 4.78 is 7.54. The van der Waals surface area contributed by atoms with E-state index in [1.165, 1.54) is 16.7 Å². The Kier molecular flexibility index (Phi) is 6.68. The molecule has 8 nitrogen and oxygen atoms in total. The molecule has 0 unspecified atom stereocenters. The molecule has 0 N–H and O–H groups in total. The Labute approximate surface area is 207 Å². The lowest BCUT2D eigenvalue weighted by atomic mass is 9.81. The van der Waals surface area contributed by atoms with Crippen LogP contribution in [0.1, 0.15) is 41.9 Å². The summed E-state index contributed by atoms with van der Waals surface area (Å²) in [5.74, 6) is 0.933. The Morgan fingerprint density at radius 1 is 0.971 bits per heavy atom. The Bertz CT molecular complexity index is 1220. The highest BCUT2D eigenvalue weighted by Gasteiger charge is 2.48. The molecule has 1 aromatic heterocycles. The van der Waals surface area contributed by atoms with Crippen LogP contribution in [0.15, 0.2) is 59.8 Å². The Morgan fingerprint density at radius 2 is 1.63 bits per heavy atom. The van der Waals surface area contributed by atoms with E-state index in [0.717, 1.165) is 31.4 Å². The van der Waals surface area contributed by atoms with Crippen molar-refractivity contribution in [1.82, 2.24) is 14.8 Å². The van der Waals surface area contributed by atoms with Gasteiger partial charge in [-0.05, 0) is 49.2 Å². The molecule has 2 heterocycles. The molecule has 2 atom stereocenters. The SMILES string of the molecule is Cn1c(COc2ccccc2)nnc1SCC(=O)c1ccc(N2C(=O)[C@H]3CCCC[C@H]3C2=O)cc1. The van der Waals surface area contributed by atoms with E-state index >= 15 is 0 Å². The molecule has 0 spiro atoms. The van der Waals surface area contributed by atoms with Gasteiger partial charge in [-0.2, -0.15) is 0 Å². The lowest BCUT2D eigenvalue weighted by molar-refractivity contribution is -0.122. The van der Waals surface area contributed by atoms with Crippen molar-refractivity contribution in [3.05, 3.63) is 66.0 Å². The third-order valence-corrected chi connectivity index (χ3v) is 7.68. The maximum absolute atomic E-state index is 12.8. The number of hydrogen-bond acceptors (Lipinski definition) is 7. The van der Waals surface area contributed by atoms with E-state index in [1.54, 1.807) is 24.3 Å². The zero-order valence-corrected chi connectivity index (χ0v) is 20.2. The summed E-state index contributed by atoms with van der Waals surface area (Å²) in [4.78, 5) is 39.7. The van der Waals surface area contributed by atoms with E-state index in [4.69, 9.17) is 4.74 Å². The molecule has 180 valence electrons. The van der Waals surface area contributed by atoms with Gasteiger partial charge in [-0.15, -0.1) is 10.2 Å². The average Bonchev–Trinajstić information content (AvgIpc) is 3.38. The zero-order chi connectivity index (χ0) is 24.4. The molecule has 1 saturated carbocycles. The first-order valence-electron chi connectivity index (χ1n) is 11.7. The van der Waals surface area contributed by atoms with E-state index in [-0.39, 0.29) is 41.8 Å². The van der Waals surface area contributed by atoms with Gasteiger partial charge in [-0.3, -0.25) is 19.3 Å². The number of ether oxygens (including phenoxy) is 1. The summed E-state index contributed by atoms with van der Waals surface area (Å²) in [5.41, 5.74) is 1.06. The minimum atomic E-state index is -0.191. The molecule has 2 fully saturated rings. The van der Waals surface area contributed by atoms with Gasteiger partial charge in [-0.25, -0.2) is 0 Å². The molecule has 3 aromatic rings. The number of thioether (sulfide) groups is 1. The standard InChI is InChI=1S/C26H26N4O4S/c1-29-23(15-34-19-7-3-2-4-8-19)27-28-26(29)35-16-22(31)17-11-13-18(14-12-17)30-24(32)20-9-5-6-10-21(20)25(30)33/h2-4,7-8,11-14,20-21H,5-6,9-10,15-16H2,1H3/t20-,21+. The number of nitrogens with zero attached hydrogens (tertiary/aromatic N) is 4. The number of hydrogen-bond donors (Lipinski definition) is 0. The predicted octanol–water partition coefficient (Wildman–Crippen LogP) is 4.05. The van der Waals surface area contributed by atoms with Crippen molar-refractivity contribution >= 4 is 35.0 Å². The molecule has 2 aliphatic rings. The fourth-order valence-corrected chi connectivity index (χ4v) is 5.51. The summed E-state index contributed by atoms with van der Waals surface area (Å²) in [7, 11) is 1.84. The number of para-hydroxylation sites is 1. The molecule has 0 bridgehead atoms. The average molecular weight is 491 g/mol. The minimum absolute atomic E-state index is 0.0700. The van der Waals surface area contributed by atoms with Crippen molar-refractivity contribution < 1.29 is 19.1 Å². The number of aromatic nitrogens is 3. The van der Waals surface area contributed by atoms with Gasteiger partial charge in [-0.1, -0.05) is 42.8 Å². The van der Waals surface area contributed by atoms with Crippen LogP contribution in [0.5, 0.6) is 5.75 Å². The molecule has 2 amide bonds. The van der Waals surface area contributed by atoms with Crippen LogP contribution in [0.25, 0.3) is 0 Å². The van der Waals surface area contributed by atoms with Crippen molar-refractivity contribution in [3.8, 4) is 5.75 Å². The number of ketones is 1. The molecule has 5 rings (SSSR count). The fourth-order valence-electron chi connectivity index (χ4n) is 4.69. The third-order valence-electron chi connectivity index (χ3n) is 6.66. The van der Waals surface area contributed by atoms with Crippen LogP contribution in [0.3, 0.4) is 0 Å². The molecule has 35 heavy (non-hydrogen) atoms. The van der Waals surface area contributed by atoms with Crippen LogP contribution in [-0.2, 0) is 23.2 Å². The molecule has 1 aliphatic heterocycles. The van der Waals surface area contributed by atoms with Crippen molar-refractivity contribution in [2.75, 3.05) is 10.7 Å². The molecule has 9 heteroatoms. The predicted molar refractivity (Wildman–Crippen MR) is 131 cm³/mol. The highest BCUT2D eigenvalue weighted by molar-refractivity contribution is 7.99. The summed E-state index contributed by atoms with van der Waals surface area (Å²) in [6.07, 6.45) is 3.54. The second-order valence-electron chi connectivity index (χ2n) is 8.83. The monoisotopic (exact) mass is 490 g/mol. The highest BCUT2D eigenvalue weighted by atomic mass is 32.2. The first-order valence-corrected chi connectivity index (χ1v) is 12.7. The number of benzene rings is 2. The number of carbonyl (C=O) groups is 3. The van der Waals surface area contributed by atoms with Gasteiger partial charge >= 0.3 is 0 Å². The molecule has 2 aromatic carbocycles. The summed E-state index contributed by atoms with van der Waals surface area (Å²) in [5, 5.41) is 8.97. The van der Waals surface area contributed by atoms with Crippen molar-refractivity contribution in [2.24, 2.45) is 18.9 Å². The van der Waals surface area contributed by atoms with Crippen LogP contribution in [0.2, 0.25) is 0 Å². The number of imide groups is 1. The second-order valence-corrected chi connectivity index (χ2v) is 9.77. The van der Waals surface area contributed by atoms with Crippen LogP contribution >= 0.6 is 11.8 Å². The quantitative estimate of drug-likeness (QED) is 0.267. The third kappa shape index (κ3) is 4.73. The number of fused-ring (bicyclic) bond motifs is 1. The largest absolute Gasteiger partial charge is 0.486 e. The number of rotatable bonds is 8. The lowest BCUT2D eigenvalue weighted by Gasteiger charge is -2.19. The fraction of sp³-hybridized carbons (Fsp3) is 0.346. The zero-order valence-electron chi connectivity index (χ0n) is 19.4. The van der Waals surface area contributed by atoms with E-state index in [2.05, 4.69) is 10.2 Å². The molecular weight excluding hydrogens is 464 g/mol. The molecular formula is C26H26N4O4S. The van der Waals surface area contributed by atoms with Gasteiger partial charge in [0.2, 0.25) is 11.8 Å². The Morgan fingerprint density at radius 3 is 2.29 bits per heavy atom. The minimum Gasteiger partial charge on any atom is -0.486 e. The van der Waals surface area contributed by atoms with Crippen molar-refractivity contribution in [3.63, 3.8) is 0 Å². The number of carbonyl (C=O) groups excluding carboxylic acids is 3. The molecule has 1 aliphatic carbocycles. The van der Waals surface area contributed by atoms with Crippen molar-refractivity contribution in [2.45, 2.75) is 37.4 Å². The number of anilines is 1. The topological polar surface area (TPSA) is 94.4 Å². The summed E-state index contributed by atoms with van der Waals surface area (Å²) >= 11 is 1.30. The van der Waals surface area contributed by atoms with E-state index < -0.39 is 0 Å².